The van der Waals surface area contributed by atoms with Gasteiger partial charge in [0, 0.05) is 11.6 Å². The Morgan fingerprint density at radius 1 is 1.10 bits per heavy atom. The molecule has 2 aromatic rings. The second-order valence-corrected chi connectivity index (χ2v) is 5.68. The monoisotopic (exact) mass is 304 g/mol. The zero-order chi connectivity index (χ0) is 15.1. The van der Waals surface area contributed by atoms with E-state index in [1.165, 1.54) is 0 Å². The quantitative estimate of drug-likeness (QED) is 0.778. The fourth-order valence-electron chi connectivity index (χ4n) is 2.19. The van der Waals surface area contributed by atoms with Crippen molar-refractivity contribution in [2.75, 3.05) is 6.61 Å². The molecule has 3 heteroatoms. The van der Waals surface area contributed by atoms with Crippen LogP contribution in [0.1, 0.15) is 23.1 Å². The highest BCUT2D eigenvalue weighted by molar-refractivity contribution is 6.31. The lowest BCUT2D eigenvalue weighted by Gasteiger charge is -2.12. The number of hydrogen-bond donors (Lipinski definition) is 1. The van der Waals surface area contributed by atoms with Gasteiger partial charge < -0.3 is 9.84 Å². The van der Waals surface area contributed by atoms with Crippen molar-refractivity contribution in [3.63, 3.8) is 0 Å². The number of aliphatic hydroxyl groups excluding tert-OH is 1. The summed E-state index contributed by atoms with van der Waals surface area (Å²) < 4.78 is 5.59. The number of aliphatic hydroxyl groups is 1. The Balaban J connectivity index is 1.70. The third-order valence-electron chi connectivity index (χ3n) is 3.40. The van der Waals surface area contributed by atoms with Crippen LogP contribution in [0.2, 0.25) is 5.02 Å². The molecule has 21 heavy (non-hydrogen) atoms. The van der Waals surface area contributed by atoms with Gasteiger partial charge in [-0.3, -0.25) is 0 Å². The molecule has 0 aliphatic carbocycles. The van der Waals surface area contributed by atoms with Crippen LogP contribution in [0, 0.1) is 6.92 Å². The maximum atomic E-state index is 10.0. The lowest BCUT2D eigenvalue weighted by Crippen LogP contribution is -2.13. The zero-order valence-electron chi connectivity index (χ0n) is 12.3. The molecule has 0 saturated heterocycles. The van der Waals surface area contributed by atoms with Crippen molar-refractivity contribution in [3.8, 4) is 0 Å². The number of ether oxygens (including phenoxy) is 1. The van der Waals surface area contributed by atoms with Crippen LogP contribution in [0.4, 0.5) is 0 Å². The van der Waals surface area contributed by atoms with Crippen molar-refractivity contribution in [2.45, 2.75) is 32.5 Å². The van der Waals surface area contributed by atoms with Crippen LogP contribution in [0.25, 0.3) is 0 Å². The molecule has 0 aliphatic heterocycles. The summed E-state index contributed by atoms with van der Waals surface area (Å²) in [6.07, 6.45) is 0.877. The Kier molecular flexibility index (Phi) is 6.24. The van der Waals surface area contributed by atoms with Gasteiger partial charge in [0.1, 0.15) is 0 Å². The van der Waals surface area contributed by atoms with Crippen LogP contribution in [0.15, 0.2) is 48.5 Å². The first-order valence-corrected chi connectivity index (χ1v) is 7.57. The minimum atomic E-state index is -0.388. The van der Waals surface area contributed by atoms with E-state index in [4.69, 9.17) is 16.3 Å². The van der Waals surface area contributed by atoms with Crippen LogP contribution in [0.3, 0.4) is 0 Å². The zero-order valence-corrected chi connectivity index (χ0v) is 13.0. The van der Waals surface area contributed by atoms with Gasteiger partial charge in [0.15, 0.2) is 0 Å². The summed E-state index contributed by atoms with van der Waals surface area (Å²) in [6.45, 7) is 3.12. The van der Waals surface area contributed by atoms with E-state index < -0.39 is 0 Å². The van der Waals surface area contributed by atoms with Crippen LogP contribution in [-0.4, -0.2) is 17.8 Å². The Morgan fingerprint density at radius 2 is 1.86 bits per heavy atom. The first-order chi connectivity index (χ1) is 10.1. The largest absolute Gasteiger partial charge is 0.393 e. The molecule has 0 aromatic heterocycles. The van der Waals surface area contributed by atoms with E-state index in [9.17, 15) is 5.11 Å². The lowest BCUT2D eigenvalue weighted by molar-refractivity contribution is 0.0736. The van der Waals surface area contributed by atoms with Gasteiger partial charge in [0.25, 0.3) is 0 Å². The van der Waals surface area contributed by atoms with Crippen molar-refractivity contribution >= 4 is 11.6 Å². The molecule has 2 aromatic carbocycles. The summed E-state index contributed by atoms with van der Waals surface area (Å²) in [7, 11) is 0. The van der Waals surface area contributed by atoms with Crippen LogP contribution >= 0.6 is 11.6 Å². The summed E-state index contributed by atoms with van der Waals surface area (Å²) in [5.74, 6) is 0. The molecule has 2 rings (SSSR count). The molecule has 0 fully saturated rings. The van der Waals surface area contributed by atoms with Crippen molar-refractivity contribution in [3.05, 3.63) is 70.2 Å². The fourth-order valence-corrected chi connectivity index (χ4v) is 2.31. The molecule has 112 valence electrons. The Morgan fingerprint density at radius 3 is 2.57 bits per heavy atom. The number of hydrogen-bond acceptors (Lipinski definition) is 2. The number of rotatable bonds is 7. The molecule has 2 nitrogen and oxygen atoms in total. The van der Waals surface area contributed by atoms with Gasteiger partial charge in [-0.1, -0.05) is 54.1 Å². The van der Waals surface area contributed by atoms with E-state index in [2.05, 4.69) is 0 Å². The summed E-state index contributed by atoms with van der Waals surface area (Å²) in [5, 5.41) is 10.8. The maximum absolute atomic E-state index is 10.0. The van der Waals surface area contributed by atoms with Crippen molar-refractivity contribution in [1.29, 1.82) is 0 Å². The van der Waals surface area contributed by atoms with E-state index in [1.807, 2.05) is 55.5 Å². The first-order valence-electron chi connectivity index (χ1n) is 7.20. The highest BCUT2D eigenvalue weighted by atomic mass is 35.5. The molecule has 0 aliphatic rings. The van der Waals surface area contributed by atoms with E-state index >= 15 is 0 Å². The molecule has 0 spiro atoms. The number of benzene rings is 2. The Bertz CT molecular complexity index is 554. The van der Waals surface area contributed by atoms with Gasteiger partial charge in [0.05, 0.1) is 12.7 Å². The van der Waals surface area contributed by atoms with Crippen molar-refractivity contribution < 1.29 is 9.84 Å². The topological polar surface area (TPSA) is 29.5 Å². The van der Waals surface area contributed by atoms with Gasteiger partial charge >= 0.3 is 0 Å². The van der Waals surface area contributed by atoms with Gasteiger partial charge in [0.2, 0.25) is 0 Å². The molecule has 1 atom stereocenters. The third kappa shape index (κ3) is 5.50. The second kappa shape index (κ2) is 8.18. The highest BCUT2D eigenvalue weighted by Gasteiger charge is 2.07. The predicted molar refractivity (Wildman–Crippen MR) is 86.6 cm³/mol. The molecular weight excluding hydrogens is 284 g/mol. The molecule has 0 heterocycles. The summed E-state index contributed by atoms with van der Waals surface area (Å²) in [6, 6.07) is 15.9. The van der Waals surface area contributed by atoms with Crippen molar-refractivity contribution in [1.82, 2.24) is 0 Å². The van der Waals surface area contributed by atoms with Crippen LogP contribution < -0.4 is 0 Å². The highest BCUT2D eigenvalue weighted by Crippen LogP contribution is 2.17. The molecule has 0 saturated carbocycles. The SMILES string of the molecule is Cc1cc(CC(O)CCOCc2ccccc2)ccc1Cl. The smallest absolute Gasteiger partial charge is 0.0716 e. The third-order valence-corrected chi connectivity index (χ3v) is 3.82. The van der Waals surface area contributed by atoms with Gasteiger partial charge in [-0.25, -0.2) is 0 Å². The fraction of sp³-hybridized carbons (Fsp3) is 0.333. The lowest BCUT2D eigenvalue weighted by atomic mass is 10.0. The summed E-state index contributed by atoms with van der Waals surface area (Å²) in [5.41, 5.74) is 3.30. The minimum absolute atomic E-state index is 0.388. The molecule has 0 amide bonds. The van der Waals surface area contributed by atoms with Gasteiger partial charge in [-0.05, 0) is 42.5 Å². The Hall–Kier alpha value is -1.35. The summed E-state index contributed by atoms with van der Waals surface area (Å²) in [4.78, 5) is 0. The number of halogens is 1. The average molecular weight is 305 g/mol. The molecule has 1 unspecified atom stereocenters. The van der Waals surface area contributed by atoms with Crippen molar-refractivity contribution in [2.24, 2.45) is 0 Å². The normalized spacial score (nSPS) is 12.3. The van der Waals surface area contributed by atoms with Gasteiger partial charge in [-0.15, -0.1) is 0 Å². The average Bonchev–Trinajstić information content (AvgIpc) is 2.49. The van der Waals surface area contributed by atoms with E-state index in [1.54, 1.807) is 0 Å². The van der Waals surface area contributed by atoms with Crippen LogP contribution in [-0.2, 0) is 17.8 Å². The standard InChI is InChI=1S/C18H21ClO2/c1-14-11-16(7-8-18(14)19)12-17(20)9-10-21-13-15-5-3-2-4-6-15/h2-8,11,17,20H,9-10,12-13H2,1H3. The molecule has 0 bridgehead atoms. The second-order valence-electron chi connectivity index (χ2n) is 5.27. The van der Waals surface area contributed by atoms with E-state index in [0.29, 0.717) is 26.1 Å². The minimum Gasteiger partial charge on any atom is -0.393 e. The van der Waals surface area contributed by atoms with E-state index in [0.717, 1.165) is 21.7 Å². The number of aryl methyl sites for hydroxylation is 1. The van der Waals surface area contributed by atoms with Crippen LogP contribution in [0.5, 0.6) is 0 Å². The maximum Gasteiger partial charge on any atom is 0.0716 e. The predicted octanol–water partition coefficient (Wildman–Crippen LogP) is 4.16. The molecule has 1 N–H and O–H groups in total. The van der Waals surface area contributed by atoms with Gasteiger partial charge in [-0.2, -0.15) is 0 Å². The van der Waals surface area contributed by atoms with E-state index in [-0.39, 0.29) is 6.10 Å². The first kappa shape index (κ1) is 16.0. The molecule has 0 radical (unpaired) electrons. The Labute approximate surface area is 131 Å². The molecular formula is C18H21ClO2. The summed E-state index contributed by atoms with van der Waals surface area (Å²) >= 11 is 6.00.